The molecule has 1 aliphatic heterocycles. The number of carbonyl (C=O) groups excluding carboxylic acids is 1. The Morgan fingerprint density at radius 1 is 1.09 bits per heavy atom. The van der Waals surface area contributed by atoms with Crippen LogP contribution in [0.1, 0.15) is 27.2 Å². The fourth-order valence-corrected chi connectivity index (χ4v) is 4.79. The van der Waals surface area contributed by atoms with E-state index < -0.39 is 5.34 Å². The highest BCUT2D eigenvalue weighted by Gasteiger charge is 2.43. The molecule has 1 aliphatic rings. The SMILES string of the molecule is BC1(B)c2ncccc2C(=O)N1Cc1c(C)cc(-c2cccc3nn(C(B)(B)B)cc23)cc1F. The summed E-state index contributed by atoms with van der Waals surface area (Å²) in [5.74, 6) is -0.432. The van der Waals surface area contributed by atoms with Crippen molar-refractivity contribution in [3.05, 3.63) is 83.1 Å². The van der Waals surface area contributed by atoms with Crippen molar-refractivity contribution in [2.75, 3.05) is 0 Å². The van der Waals surface area contributed by atoms with Gasteiger partial charge in [0, 0.05) is 35.2 Å². The molecular weight excluding hydrogens is 421 g/mol. The molecule has 1 amide bonds. The normalized spacial score (nSPS) is 15.1. The van der Waals surface area contributed by atoms with E-state index in [4.69, 9.17) is 5.10 Å². The number of hydrogen-bond acceptors (Lipinski definition) is 3. The number of amides is 1. The highest BCUT2D eigenvalue weighted by atomic mass is 19.1. The largest absolute Gasteiger partial charge is 0.339 e. The summed E-state index contributed by atoms with van der Waals surface area (Å²) in [5.41, 5.74) is 5.27. The zero-order valence-electron chi connectivity index (χ0n) is 20.5. The van der Waals surface area contributed by atoms with E-state index in [9.17, 15) is 4.79 Å². The maximum atomic E-state index is 15.6. The molecule has 2 aromatic carbocycles. The van der Waals surface area contributed by atoms with Gasteiger partial charge in [-0.1, -0.05) is 18.2 Å². The van der Waals surface area contributed by atoms with Crippen LogP contribution in [-0.4, -0.2) is 64.8 Å². The number of halogens is 1. The first-order valence-corrected chi connectivity index (χ1v) is 11.5. The van der Waals surface area contributed by atoms with Crippen LogP contribution in [-0.2, 0) is 17.1 Å². The third-order valence-electron chi connectivity index (χ3n) is 6.82. The Hall–Kier alpha value is -3.22. The van der Waals surface area contributed by atoms with E-state index >= 15 is 4.39 Å². The van der Waals surface area contributed by atoms with E-state index in [0.29, 0.717) is 11.1 Å². The summed E-state index contributed by atoms with van der Waals surface area (Å²) in [6.45, 7) is 2.09. The molecule has 0 unspecified atom stereocenters. The quantitative estimate of drug-likeness (QED) is 0.381. The Kier molecular flexibility index (Phi) is 5.08. The van der Waals surface area contributed by atoms with E-state index in [-0.39, 0.29) is 23.5 Å². The van der Waals surface area contributed by atoms with Crippen LogP contribution < -0.4 is 0 Å². The van der Waals surface area contributed by atoms with Crippen molar-refractivity contribution in [2.24, 2.45) is 0 Å². The minimum absolute atomic E-state index is 0.115. The first-order chi connectivity index (χ1) is 16.0. The molecule has 0 N–H and O–H groups in total. The number of hydrogen-bond donors (Lipinski definition) is 0. The minimum atomic E-state index is -0.613. The standard InChI is InChI=1S/C23H24B5FN4O/c1-12-8-13(14-4-2-6-19-17(14)11-33(31-19)23(26,27)28)9-18(29)16(12)10-32-21(34)15-5-3-7-30-20(15)22(32,24)25/h2-9,11H,10,24-28H2,1H3. The lowest BCUT2D eigenvalue weighted by Gasteiger charge is -2.33. The first-order valence-electron chi connectivity index (χ1n) is 11.5. The maximum Gasteiger partial charge on any atom is 0.255 e. The van der Waals surface area contributed by atoms with Crippen molar-refractivity contribution in [2.45, 2.75) is 24.0 Å². The van der Waals surface area contributed by atoms with Crippen LogP contribution in [0, 0.1) is 12.7 Å². The van der Waals surface area contributed by atoms with Crippen molar-refractivity contribution in [3.8, 4) is 11.1 Å². The van der Waals surface area contributed by atoms with Crippen LogP contribution in [0.4, 0.5) is 4.39 Å². The van der Waals surface area contributed by atoms with Crippen LogP contribution in [0.3, 0.4) is 0 Å². The van der Waals surface area contributed by atoms with Crippen LogP contribution >= 0.6 is 0 Å². The van der Waals surface area contributed by atoms with E-state index in [1.54, 1.807) is 29.3 Å². The predicted molar refractivity (Wildman–Crippen MR) is 146 cm³/mol. The maximum absolute atomic E-state index is 15.6. The molecule has 5 rings (SSSR count). The van der Waals surface area contributed by atoms with Crippen LogP contribution in [0.25, 0.3) is 22.0 Å². The Labute approximate surface area is 203 Å². The topological polar surface area (TPSA) is 51.0 Å². The van der Waals surface area contributed by atoms with Gasteiger partial charge in [-0.2, -0.15) is 5.10 Å². The summed E-state index contributed by atoms with van der Waals surface area (Å²) in [5, 5.41) is 4.94. The average Bonchev–Trinajstić information content (AvgIpc) is 3.30. The predicted octanol–water partition coefficient (Wildman–Crippen LogP) is -0.955. The summed E-state index contributed by atoms with van der Waals surface area (Å²) in [6, 6.07) is 13.1. The lowest BCUT2D eigenvalue weighted by atomic mass is 9.49. The van der Waals surface area contributed by atoms with Gasteiger partial charge in [0.2, 0.25) is 0 Å². The number of aryl methyl sites for hydroxylation is 1. The van der Waals surface area contributed by atoms with Gasteiger partial charge in [0.1, 0.15) is 45.0 Å². The van der Waals surface area contributed by atoms with Gasteiger partial charge in [-0.25, -0.2) is 4.39 Å². The number of nitrogens with zero attached hydrogens (tertiary/aromatic N) is 4. The highest BCUT2D eigenvalue weighted by molar-refractivity contribution is 6.56. The molecule has 0 bridgehead atoms. The Morgan fingerprint density at radius 3 is 2.50 bits per heavy atom. The van der Waals surface area contributed by atoms with Gasteiger partial charge in [0.15, 0.2) is 0 Å². The number of rotatable bonds is 4. The van der Waals surface area contributed by atoms with E-state index in [2.05, 4.69) is 28.5 Å². The molecule has 164 valence electrons. The number of fused-ring (bicyclic) bond motifs is 2. The van der Waals surface area contributed by atoms with Crippen molar-refractivity contribution in [1.82, 2.24) is 19.7 Å². The average molecular weight is 446 g/mol. The molecule has 34 heavy (non-hydrogen) atoms. The summed E-state index contributed by atoms with van der Waals surface area (Å²) >= 11 is 0. The molecule has 5 nitrogen and oxygen atoms in total. The molecule has 0 saturated heterocycles. The molecule has 0 atom stereocenters. The number of benzene rings is 2. The lowest BCUT2D eigenvalue weighted by molar-refractivity contribution is 0.0729. The number of pyridine rings is 1. The smallest absolute Gasteiger partial charge is 0.255 e. The van der Waals surface area contributed by atoms with Gasteiger partial charge in [0.05, 0.1) is 16.8 Å². The van der Waals surface area contributed by atoms with Gasteiger partial charge in [-0.15, -0.1) is 0 Å². The van der Waals surface area contributed by atoms with E-state index in [1.165, 1.54) is 0 Å². The zero-order chi connectivity index (χ0) is 24.4. The van der Waals surface area contributed by atoms with Gasteiger partial charge >= 0.3 is 0 Å². The summed E-state index contributed by atoms with van der Waals surface area (Å²) in [7, 11) is 10.2. The molecule has 0 radical (unpaired) electrons. The fraction of sp³-hybridized carbons (Fsp3) is 0.174. The van der Waals surface area contributed by atoms with E-state index in [1.807, 2.05) is 57.8 Å². The van der Waals surface area contributed by atoms with Gasteiger partial charge in [0.25, 0.3) is 5.91 Å². The lowest BCUT2D eigenvalue weighted by Crippen LogP contribution is -2.45. The minimum Gasteiger partial charge on any atom is -0.339 e. The van der Waals surface area contributed by atoms with Gasteiger partial charge < -0.3 is 4.90 Å². The second-order valence-corrected chi connectivity index (χ2v) is 10.6. The summed E-state index contributed by atoms with van der Waals surface area (Å²) in [4.78, 5) is 19.3. The fourth-order valence-electron chi connectivity index (χ4n) is 4.79. The van der Waals surface area contributed by atoms with Gasteiger partial charge in [-0.3, -0.25) is 14.5 Å². The Balaban J connectivity index is 1.54. The second-order valence-electron chi connectivity index (χ2n) is 10.6. The molecule has 0 aliphatic carbocycles. The van der Waals surface area contributed by atoms with Crippen LogP contribution in [0.5, 0.6) is 0 Å². The molecule has 0 spiro atoms. The number of carbonyl (C=O) groups is 1. The third kappa shape index (κ3) is 3.49. The molecule has 11 heteroatoms. The van der Waals surface area contributed by atoms with E-state index in [0.717, 1.165) is 33.3 Å². The molecule has 0 saturated carbocycles. The van der Waals surface area contributed by atoms with Crippen molar-refractivity contribution >= 4 is 56.0 Å². The van der Waals surface area contributed by atoms with Gasteiger partial charge in [-0.05, 0) is 53.1 Å². The monoisotopic (exact) mass is 446 g/mol. The van der Waals surface area contributed by atoms with Crippen LogP contribution in [0.2, 0.25) is 0 Å². The molecule has 4 aromatic rings. The molecule has 0 fully saturated rings. The zero-order valence-corrected chi connectivity index (χ0v) is 20.5. The summed E-state index contributed by atoms with van der Waals surface area (Å²) in [6.07, 6.45) is 3.72. The number of aromatic nitrogens is 3. The molecule has 2 aromatic heterocycles. The highest BCUT2D eigenvalue weighted by Crippen LogP contribution is 2.36. The van der Waals surface area contributed by atoms with Crippen LogP contribution in [0.15, 0.2) is 54.9 Å². The second kappa shape index (κ2) is 7.65. The van der Waals surface area contributed by atoms with Crippen molar-refractivity contribution in [3.63, 3.8) is 0 Å². The third-order valence-corrected chi connectivity index (χ3v) is 6.82. The van der Waals surface area contributed by atoms with Crippen molar-refractivity contribution < 1.29 is 9.18 Å². The first kappa shape index (κ1) is 22.6. The molecular formula is C23H24B5FN4O. The Bertz CT molecular complexity index is 1440. The molecule has 3 heterocycles. The Morgan fingerprint density at radius 2 is 1.82 bits per heavy atom. The van der Waals surface area contributed by atoms with Crippen molar-refractivity contribution in [1.29, 1.82) is 0 Å². The summed E-state index contributed by atoms with van der Waals surface area (Å²) < 4.78 is 17.5.